The Bertz CT molecular complexity index is 761. The summed E-state index contributed by atoms with van der Waals surface area (Å²) in [6, 6.07) is 3.93. The molecule has 0 spiro atoms. The van der Waals surface area contributed by atoms with Crippen molar-refractivity contribution in [1.29, 1.82) is 0 Å². The third kappa shape index (κ3) is 5.14. The first kappa shape index (κ1) is 22.4. The molecule has 1 heterocycles. The van der Waals surface area contributed by atoms with E-state index in [0.717, 1.165) is 12.8 Å². The standard InChI is InChI=1S/C19H23Cl2FN2O4/c1-12(16(25)10-22)23-17(26)19(2)7-3-4-8-24(19)18(27)28-11-13-5-6-14(20)15(21)9-13/h5-6,9,12H,3-4,7-8,10-11H2,1-2H3,(H,23,26). The number of amides is 2. The van der Waals surface area contributed by atoms with Crippen molar-refractivity contribution in [3.63, 3.8) is 0 Å². The van der Waals surface area contributed by atoms with Crippen LogP contribution in [0.4, 0.5) is 9.18 Å². The molecule has 0 aromatic heterocycles. The van der Waals surface area contributed by atoms with Crippen LogP contribution in [-0.4, -0.2) is 47.5 Å². The lowest BCUT2D eigenvalue weighted by atomic mass is 9.87. The number of nitrogens with one attached hydrogen (secondary N) is 1. The molecule has 154 valence electrons. The van der Waals surface area contributed by atoms with Gasteiger partial charge in [-0.15, -0.1) is 0 Å². The molecule has 2 atom stereocenters. The number of alkyl halides is 1. The van der Waals surface area contributed by atoms with Gasteiger partial charge in [-0.05, 0) is 50.8 Å². The number of benzene rings is 1. The molecule has 2 rings (SSSR count). The fraction of sp³-hybridized carbons (Fsp3) is 0.526. The van der Waals surface area contributed by atoms with Gasteiger partial charge in [0.1, 0.15) is 18.8 Å². The zero-order valence-electron chi connectivity index (χ0n) is 15.8. The number of hydrogen-bond acceptors (Lipinski definition) is 4. The van der Waals surface area contributed by atoms with Gasteiger partial charge >= 0.3 is 6.09 Å². The number of hydrogen-bond donors (Lipinski definition) is 1. The third-order valence-electron chi connectivity index (χ3n) is 4.91. The second-order valence-electron chi connectivity index (χ2n) is 6.98. The molecular formula is C19H23Cl2FN2O4. The van der Waals surface area contributed by atoms with Gasteiger partial charge in [0, 0.05) is 6.54 Å². The van der Waals surface area contributed by atoms with Crippen molar-refractivity contribution in [1.82, 2.24) is 10.2 Å². The van der Waals surface area contributed by atoms with Crippen molar-refractivity contribution in [2.75, 3.05) is 13.2 Å². The van der Waals surface area contributed by atoms with Crippen LogP contribution >= 0.6 is 23.2 Å². The van der Waals surface area contributed by atoms with Gasteiger partial charge in [0.15, 0.2) is 5.78 Å². The molecule has 1 aromatic rings. The quantitative estimate of drug-likeness (QED) is 0.738. The Kier molecular flexibility index (Phi) is 7.66. The van der Waals surface area contributed by atoms with Crippen LogP contribution in [0.2, 0.25) is 10.0 Å². The molecule has 0 radical (unpaired) electrons. The highest BCUT2D eigenvalue weighted by molar-refractivity contribution is 6.42. The topological polar surface area (TPSA) is 75.7 Å². The van der Waals surface area contributed by atoms with Crippen LogP contribution in [-0.2, 0) is 20.9 Å². The number of ether oxygens (including phenoxy) is 1. The molecule has 2 unspecified atom stereocenters. The predicted molar refractivity (Wildman–Crippen MR) is 104 cm³/mol. The summed E-state index contributed by atoms with van der Waals surface area (Å²) in [5, 5.41) is 3.25. The van der Waals surface area contributed by atoms with E-state index in [1.165, 1.54) is 11.8 Å². The van der Waals surface area contributed by atoms with Gasteiger partial charge in [-0.1, -0.05) is 29.3 Å². The summed E-state index contributed by atoms with van der Waals surface area (Å²) >= 11 is 11.8. The first-order valence-electron chi connectivity index (χ1n) is 8.97. The molecular weight excluding hydrogens is 410 g/mol. The Morgan fingerprint density at radius 3 is 2.64 bits per heavy atom. The highest BCUT2D eigenvalue weighted by Crippen LogP contribution is 2.30. The summed E-state index contributed by atoms with van der Waals surface area (Å²) in [5.74, 6) is -1.23. The molecule has 9 heteroatoms. The van der Waals surface area contributed by atoms with Crippen LogP contribution < -0.4 is 5.32 Å². The molecule has 0 bridgehead atoms. The summed E-state index contributed by atoms with van der Waals surface area (Å²) in [4.78, 5) is 38.2. The molecule has 1 fully saturated rings. The Labute approximate surface area is 173 Å². The lowest BCUT2D eigenvalue weighted by molar-refractivity contribution is -0.137. The van der Waals surface area contributed by atoms with Crippen molar-refractivity contribution in [3.8, 4) is 0 Å². The summed E-state index contributed by atoms with van der Waals surface area (Å²) in [6.07, 6.45) is 1.24. The highest BCUT2D eigenvalue weighted by Gasteiger charge is 2.45. The van der Waals surface area contributed by atoms with E-state index in [4.69, 9.17) is 27.9 Å². The second kappa shape index (κ2) is 9.56. The van der Waals surface area contributed by atoms with Crippen LogP contribution in [0.5, 0.6) is 0 Å². The van der Waals surface area contributed by atoms with E-state index in [9.17, 15) is 18.8 Å². The number of Topliss-reactive ketones (excluding diaryl/α,β-unsaturated/α-hetero) is 1. The van der Waals surface area contributed by atoms with Gasteiger partial charge < -0.3 is 10.1 Å². The number of nitrogens with zero attached hydrogens (tertiary/aromatic N) is 1. The summed E-state index contributed by atoms with van der Waals surface area (Å²) in [6.45, 7) is 2.19. The van der Waals surface area contributed by atoms with Gasteiger partial charge in [0.05, 0.1) is 16.1 Å². The smallest absolute Gasteiger partial charge is 0.410 e. The molecule has 0 saturated carbocycles. The number of ketones is 1. The Hall–Kier alpha value is -1.86. The van der Waals surface area contributed by atoms with Gasteiger partial charge in [-0.3, -0.25) is 14.5 Å². The maximum absolute atomic E-state index is 12.8. The minimum atomic E-state index is -1.18. The van der Waals surface area contributed by atoms with Crippen LogP contribution in [0.25, 0.3) is 0 Å². The normalized spacial score (nSPS) is 20.4. The minimum Gasteiger partial charge on any atom is -0.445 e. The number of piperidine rings is 1. The fourth-order valence-electron chi connectivity index (χ4n) is 3.05. The number of carbonyl (C=O) groups is 3. The zero-order chi connectivity index (χ0) is 20.9. The fourth-order valence-corrected chi connectivity index (χ4v) is 3.37. The summed E-state index contributed by atoms with van der Waals surface area (Å²) in [5.41, 5.74) is -0.522. The zero-order valence-corrected chi connectivity index (χ0v) is 17.3. The molecule has 1 aromatic carbocycles. The third-order valence-corrected chi connectivity index (χ3v) is 5.65. The first-order chi connectivity index (χ1) is 13.2. The predicted octanol–water partition coefficient (Wildman–Crippen LogP) is 3.92. The van der Waals surface area contributed by atoms with Crippen molar-refractivity contribution in [2.24, 2.45) is 0 Å². The van der Waals surface area contributed by atoms with E-state index in [0.29, 0.717) is 28.6 Å². The largest absolute Gasteiger partial charge is 0.445 e. The maximum atomic E-state index is 12.8. The Morgan fingerprint density at radius 1 is 1.29 bits per heavy atom. The molecule has 1 saturated heterocycles. The van der Waals surface area contributed by atoms with E-state index in [2.05, 4.69) is 5.32 Å². The number of halogens is 3. The van der Waals surface area contributed by atoms with E-state index < -0.39 is 36.0 Å². The van der Waals surface area contributed by atoms with Gasteiger partial charge in [0.2, 0.25) is 5.91 Å². The molecule has 28 heavy (non-hydrogen) atoms. The molecule has 2 amide bonds. The highest BCUT2D eigenvalue weighted by atomic mass is 35.5. The van der Waals surface area contributed by atoms with Crippen LogP contribution in [0.1, 0.15) is 38.7 Å². The lowest BCUT2D eigenvalue weighted by Crippen LogP contribution is -2.62. The van der Waals surface area contributed by atoms with Crippen molar-refractivity contribution >= 4 is 41.0 Å². The van der Waals surface area contributed by atoms with Crippen LogP contribution in [0.15, 0.2) is 18.2 Å². The molecule has 0 aliphatic carbocycles. The van der Waals surface area contributed by atoms with Gasteiger partial charge in [0.25, 0.3) is 0 Å². The SMILES string of the molecule is CC(NC(=O)C1(C)CCCCN1C(=O)OCc1ccc(Cl)c(Cl)c1)C(=O)CF. The maximum Gasteiger partial charge on any atom is 0.410 e. The average Bonchev–Trinajstić information content (AvgIpc) is 2.68. The number of likely N-dealkylation sites (tertiary alicyclic amines) is 1. The van der Waals surface area contributed by atoms with E-state index in [1.54, 1.807) is 25.1 Å². The lowest BCUT2D eigenvalue weighted by Gasteiger charge is -2.42. The van der Waals surface area contributed by atoms with Crippen molar-refractivity contribution in [2.45, 2.75) is 51.3 Å². The number of rotatable bonds is 6. The van der Waals surface area contributed by atoms with Crippen LogP contribution in [0, 0.1) is 0 Å². The molecule has 1 aliphatic rings. The first-order valence-corrected chi connectivity index (χ1v) is 9.72. The van der Waals surface area contributed by atoms with Gasteiger partial charge in [-0.25, -0.2) is 9.18 Å². The monoisotopic (exact) mass is 432 g/mol. The average molecular weight is 433 g/mol. The second-order valence-corrected chi connectivity index (χ2v) is 7.80. The Morgan fingerprint density at radius 2 is 2.00 bits per heavy atom. The van der Waals surface area contributed by atoms with E-state index in [1.807, 2.05) is 0 Å². The summed E-state index contributed by atoms with van der Waals surface area (Å²) in [7, 11) is 0. The Balaban J connectivity index is 2.07. The van der Waals surface area contributed by atoms with Gasteiger partial charge in [-0.2, -0.15) is 0 Å². The molecule has 1 aliphatic heterocycles. The van der Waals surface area contributed by atoms with Crippen LogP contribution in [0.3, 0.4) is 0 Å². The number of carbonyl (C=O) groups excluding carboxylic acids is 3. The summed E-state index contributed by atoms with van der Waals surface area (Å²) < 4.78 is 17.9. The molecule has 6 nitrogen and oxygen atoms in total. The molecule has 1 N–H and O–H groups in total. The minimum absolute atomic E-state index is 0.0271. The van der Waals surface area contributed by atoms with E-state index >= 15 is 0 Å². The van der Waals surface area contributed by atoms with Crippen molar-refractivity contribution in [3.05, 3.63) is 33.8 Å². The van der Waals surface area contributed by atoms with E-state index in [-0.39, 0.29) is 6.61 Å². The van der Waals surface area contributed by atoms with Crippen molar-refractivity contribution < 1.29 is 23.5 Å².